The van der Waals surface area contributed by atoms with Crippen molar-refractivity contribution in [2.45, 2.75) is 39.3 Å². The Kier molecular flexibility index (Phi) is 5.18. The molecule has 0 aliphatic rings. The van der Waals surface area contributed by atoms with Gasteiger partial charge in [0.05, 0.1) is 0 Å². The SMILES string of the molecule is CC(C)(C)OC(=O)NCc1ccc(N)c(CCO)c1. The van der Waals surface area contributed by atoms with Crippen LogP contribution in [0.25, 0.3) is 0 Å². The summed E-state index contributed by atoms with van der Waals surface area (Å²) in [6.45, 7) is 5.86. The standard InChI is InChI=1S/C14H22N2O3/c1-14(2,3)19-13(18)16-9-10-4-5-12(15)11(8-10)6-7-17/h4-5,8,17H,6-7,9,15H2,1-3H3,(H,16,18). The first-order valence-corrected chi connectivity index (χ1v) is 6.27. The van der Waals surface area contributed by atoms with Gasteiger partial charge in [0.15, 0.2) is 0 Å². The van der Waals surface area contributed by atoms with Crippen LogP contribution in [0.4, 0.5) is 10.5 Å². The van der Waals surface area contributed by atoms with Crippen LogP contribution < -0.4 is 11.1 Å². The van der Waals surface area contributed by atoms with E-state index in [-0.39, 0.29) is 6.61 Å². The number of rotatable bonds is 4. The molecule has 0 saturated carbocycles. The Morgan fingerprint density at radius 1 is 1.42 bits per heavy atom. The van der Waals surface area contributed by atoms with Crippen molar-refractivity contribution in [2.75, 3.05) is 12.3 Å². The number of amides is 1. The van der Waals surface area contributed by atoms with Gasteiger partial charge in [-0.15, -0.1) is 0 Å². The van der Waals surface area contributed by atoms with Gasteiger partial charge in [-0.05, 0) is 44.4 Å². The molecule has 4 N–H and O–H groups in total. The summed E-state index contributed by atoms with van der Waals surface area (Å²) in [5, 5.41) is 11.6. The topological polar surface area (TPSA) is 84.6 Å². The van der Waals surface area contributed by atoms with E-state index in [2.05, 4.69) is 5.32 Å². The van der Waals surface area contributed by atoms with Gasteiger partial charge < -0.3 is 20.9 Å². The van der Waals surface area contributed by atoms with Crippen LogP contribution in [0, 0.1) is 0 Å². The Morgan fingerprint density at radius 2 is 2.11 bits per heavy atom. The molecule has 0 aromatic heterocycles. The summed E-state index contributed by atoms with van der Waals surface area (Å²) in [5.74, 6) is 0. The summed E-state index contributed by atoms with van der Waals surface area (Å²) < 4.78 is 5.15. The van der Waals surface area contributed by atoms with E-state index in [4.69, 9.17) is 15.6 Å². The largest absolute Gasteiger partial charge is 0.444 e. The molecule has 0 heterocycles. The Labute approximate surface area is 113 Å². The van der Waals surface area contributed by atoms with Crippen LogP contribution in [-0.2, 0) is 17.7 Å². The summed E-state index contributed by atoms with van der Waals surface area (Å²) in [6.07, 6.45) is 0.0552. The van der Waals surface area contributed by atoms with E-state index in [1.807, 2.05) is 32.9 Å². The van der Waals surface area contributed by atoms with Gasteiger partial charge >= 0.3 is 6.09 Å². The second-order valence-electron chi connectivity index (χ2n) is 5.36. The first-order valence-electron chi connectivity index (χ1n) is 6.27. The Bertz CT molecular complexity index is 439. The summed E-state index contributed by atoms with van der Waals surface area (Å²) in [7, 11) is 0. The predicted molar refractivity (Wildman–Crippen MR) is 74.7 cm³/mol. The van der Waals surface area contributed by atoms with Crippen LogP contribution >= 0.6 is 0 Å². The van der Waals surface area contributed by atoms with Gasteiger partial charge in [0.25, 0.3) is 0 Å². The third-order valence-electron chi connectivity index (χ3n) is 2.42. The molecule has 1 rings (SSSR count). The fourth-order valence-corrected chi connectivity index (χ4v) is 1.59. The Morgan fingerprint density at radius 3 is 2.68 bits per heavy atom. The molecule has 0 unspecified atom stereocenters. The second-order valence-corrected chi connectivity index (χ2v) is 5.36. The van der Waals surface area contributed by atoms with Crippen molar-refractivity contribution in [1.29, 1.82) is 0 Å². The molecule has 1 aromatic carbocycles. The van der Waals surface area contributed by atoms with Crippen LogP contribution in [0.15, 0.2) is 18.2 Å². The van der Waals surface area contributed by atoms with E-state index >= 15 is 0 Å². The highest BCUT2D eigenvalue weighted by Crippen LogP contribution is 2.15. The number of aliphatic hydroxyl groups excluding tert-OH is 1. The van der Waals surface area contributed by atoms with Crippen molar-refractivity contribution in [3.05, 3.63) is 29.3 Å². The number of benzene rings is 1. The number of carbonyl (C=O) groups is 1. The molecule has 19 heavy (non-hydrogen) atoms. The van der Waals surface area contributed by atoms with Crippen LogP contribution in [-0.4, -0.2) is 23.4 Å². The maximum atomic E-state index is 11.5. The Balaban J connectivity index is 2.58. The number of hydrogen-bond acceptors (Lipinski definition) is 4. The average molecular weight is 266 g/mol. The normalized spacial score (nSPS) is 11.2. The number of alkyl carbamates (subject to hydrolysis) is 1. The number of anilines is 1. The van der Waals surface area contributed by atoms with Crippen molar-refractivity contribution in [3.8, 4) is 0 Å². The number of nitrogens with two attached hydrogens (primary N) is 1. The van der Waals surface area contributed by atoms with Crippen molar-refractivity contribution in [1.82, 2.24) is 5.32 Å². The van der Waals surface area contributed by atoms with Crippen molar-refractivity contribution < 1.29 is 14.6 Å². The number of hydrogen-bond donors (Lipinski definition) is 3. The molecule has 0 aliphatic carbocycles. The number of ether oxygens (including phenoxy) is 1. The highest BCUT2D eigenvalue weighted by molar-refractivity contribution is 5.67. The average Bonchev–Trinajstić information content (AvgIpc) is 2.28. The van der Waals surface area contributed by atoms with Gasteiger partial charge in [0.1, 0.15) is 5.60 Å². The molecular weight excluding hydrogens is 244 g/mol. The summed E-state index contributed by atoms with van der Waals surface area (Å²) in [4.78, 5) is 11.5. The minimum atomic E-state index is -0.507. The van der Waals surface area contributed by atoms with E-state index < -0.39 is 11.7 Å². The quantitative estimate of drug-likeness (QED) is 0.726. The van der Waals surface area contributed by atoms with E-state index in [1.165, 1.54) is 0 Å². The number of nitrogens with one attached hydrogen (secondary N) is 1. The fourth-order valence-electron chi connectivity index (χ4n) is 1.59. The summed E-state index contributed by atoms with van der Waals surface area (Å²) in [6, 6.07) is 5.49. The number of aliphatic hydroxyl groups is 1. The van der Waals surface area contributed by atoms with E-state index in [1.54, 1.807) is 6.07 Å². The van der Waals surface area contributed by atoms with Gasteiger partial charge in [-0.2, -0.15) is 0 Å². The Hall–Kier alpha value is -1.75. The van der Waals surface area contributed by atoms with Crippen LogP contribution in [0.1, 0.15) is 31.9 Å². The summed E-state index contributed by atoms with van der Waals surface area (Å²) >= 11 is 0. The van der Waals surface area contributed by atoms with Gasteiger partial charge in [-0.1, -0.05) is 12.1 Å². The highest BCUT2D eigenvalue weighted by atomic mass is 16.6. The minimum Gasteiger partial charge on any atom is -0.444 e. The van der Waals surface area contributed by atoms with Crippen molar-refractivity contribution in [2.24, 2.45) is 0 Å². The van der Waals surface area contributed by atoms with Crippen LogP contribution in [0.2, 0.25) is 0 Å². The van der Waals surface area contributed by atoms with Crippen LogP contribution in [0.3, 0.4) is 0 Å². The molecule has 1 aromatic rings. The predicted octanol–water partition coefficient (Wildman–Crippen LogP) is 1.83. The smallest absolute Gasteiger partial charge is 0.407 e. The zero-order valence-electron chi connectivity index (χ0n) is 11.7. The van der Waals surface area contributed by atoms with Crippen molar-refractivity contribution in [3.63, 3.8) is 0 Å². The van der Waals surface area contributed by atoms with Gasteiger partial charge in [-0.25, -0.2) is 4.79 Å². The number of carbonyl (C=O) groups excluding carboxylic acids is 1. The number of nitrogen functional groups attached to an aromatic ring is 1. The molecule has 0 atom stereocenters. The molecular formula is C14H22N2O3. The lowest BCUT2D eigenvalue weighted by Gasteiger charge is -2.19. The maximum absolute atomic E-state index is 11.5. The van der Waals surface area contributed by atoms with Gasteiger partial charge in [0, 0.05) is 18.8 Å². The molecule has 0 spiro atoms. The second kappa shape index (κ2) is 6.43. The lowest BCUT2D eigenvalue weighted by molar-refractivity contribution is 0.0523. The monoisotopic (exact) mass is 266 g/mol. The molecule has 5 nitrogen and oxygen atoms in total. The molecule has 0 radical (unpaired) electrons. The molecule has 0 saturated heterocycles. The van der Waals surface area contributed by atoms with E-state index in [0.29, 0.717) is 18.7 Å². The van der Waals surface area contributed by atoms with Crippen molar-refractivity contribution >= 4 is 11.8 Å². The highest BCUT2D eigenvalue weighted by Gasteiger charge is 2.15. The molecule has 5 heteroatoms. The lowest BCUT2D eigenvalue weighted by Crippen LogP contribution is -2.32. The van der Waals surface area contributed by atoms with E-state index in [0.717, 1.165) is 11.1 Å². The zero-order chi connectivity index (χ0) is 14.5. The molecule has 0 bridgehead atoms. The molecule has 0 aliphatic heterocycles. The first-order chi connectivity index (χ1) is 8.81. The minimum absolute atomic E-state index is 0.0488. The maximum Gasteiger partial charge on any atom is 0.407 e. The van der Waals surface area contributed by atoms with E-state index in [9.17, 15) is 4.79 Å². The third-order valence-corrected chi connectivity index (χ3v) is 2.42. The lowest BCUT2D eigenvalue weighted by atomic mass is 10.1. The molecule has 1 amide bonds. The van der Waals surface area contributed by atoms with Gasteiger partial charge in [0.2, 0.25) is 0 Å². The van der Waals surface area contributed by atoms with Gasteiger partial charge in [-0.3, -0.25) is 0 Å². The fraction of sp³-hybridized carbons (Fsp3) is 0.500. The summed E-state index contributed by atoms with van der Waals surface area (Å²) in [5.41, 5.74) is 7.73. The third kappa shape index (κ3) is 5.61. The molecule has 0 fully saturated rings. The zero-order valence-corrected chi connectivity index (χ0v) is 11.7. The first kappa shape index (κ1) is 15.3. The van der Waals surface area contributed by atoms with Crippen LogP contribution in [0.5, 0.6) is 0 Å². The molecule has 106 valence electrons.